The lowest BCUT2D eigenvalue weighted by Crippen LogP contribution is -2.15. The van der Waals surface area contributed by atoms with Crippen LogP contribution in [0.2, 0.25) is 5.02 Å². The molecule has 0 spiro atoms. The zero-order chi connectivity index (χ0) is 19.6. The largest absolute Gasteiger partial charge is 0.321 e. The first kappa shape index (κ1) is 18.9. The fourth-order valence-electron chi connectivity index (χ4n) is 2.36. The van der Waals surface area contributed by atoms with E-state index in [2.05, 4.69) is 15.1 Å². The Bertz CT molecular complexity index is 1090. The number of aromatic nitrogens is 2. The summed E-state index contributed by atoms with van der Waals surface area (Å²) in [5.74, 6) is -0.424. The number of hydrogen-bond acceptors (Lipinski definition) is 4. The van der Waals surface area contributed by atoms with E-state index in [9.17, 15) is 13.2 Å². The molecule has 0 atom stereocenters. The number of para-hydroxylation sites is 1. The van der Waals surface area contributed by atoms with E-state index in [4.69, 9.17) is 11.6 Å². The van der Waals surface area contributed by atoms with Crippen molar-refractivity contribution in [2.24, 2.45) is 7.05 Å². The van der Waals surface area contributed by atoms with Crippen molar-refractivity contribution < 1.29 is 13.2 Å². The van der Waals surface area contributed by atoms with Crippen molar-refractivity contribution in [3.8, 4) is 0 Å². The van der Waals surface area contributed by atoms with E-state index >= 15 is 0 Å². The van der Waals surface area contributed by atoms with Crippen LogP contribution in [-0.4, -0.2) is 24.1 Å². The Labute approximate surface area is 162 Å². The predicted molar refractivity (Wildman–Crippen MR) is 105 cm³/mol. The molecule has 0 aliphatic carbocycles. The minimum atomic E-state index is -3.87. The first-order chi connectivity index (χ1) is 12.8. The molecule has 7 nitrogen and oxygen atoms in total. The number of nitrogens with zero attached hydrogens (tertiary/aromatic N) is 2. The first-order valence-corrected chi connectivity index (χ1v) is 9.82. The number of halogens is 1. The van der Waals surface area contributed by atoms with E-state index in [1.807, 2.05) is 6.92 Å². The highest BCUT2D eigenvalue weighted by atomic mass is 35.5. The maximum Gasteiger partial charge on any atom is 0.276 e. The van der Waals surface area contributed by atoms with Crippen LogP contribution in [0.5, 0.6) is 0 Å². The summed E-state index contributed by atoms with van der Waals surface area (Å²) in [5.41, 5.74) is 1.70. The molecule has 3 rings (SSSR count). The Morgan fingerprint density at radius 2 is 1.85 bits per heavy atom. The Kier molecular flexibility index (Phi) is 5.20. The minimum Gasteiger partial charge on any atom is -0.321 e. The van der Waals surface area contributed by atoms with Crippen LogP contribution in [0, 0.1) is 6.92 Å². The molecule has 1 amide bonds. The average Bonchev–Trinajstić information content (AvgIpc) is 2.96. The number of nitrogens with one attached hydrogen (secondary N) is 2. The number of carbonyl (C=O) groups excluding carboxylic acids is 1. The fraction of sp³-hybridized carbons (Fsp3) is 0.111. The third-order valence-corrected chi connectivity index (χ3v) is 5.56. The zero-order valence-corrected chi connectivity index (χ0v) is 16.2. The topological polar surface area (TPSA) is 93.1 Å². The molecule has 140 valence electrons. The molecule has 2 N–H and O–H groups in total. The summed E-state index contributed by atoms with van der Waals surface area (Å²) in [4.78, 5) is 12.3. The molecule has 9 heteroatoms. The van der Waals surface area contributed by atoms with E-state index in [0.717, 1.165) is 5.69 Å². The number of carbonyl (C=O) groups is 1. The summed E-state index contributed by atoms with van der Waals surface area (Å²) < 4.78 is 29.2. The molecular weight excluding hydrogens is 388 g/mol. The van der Waals surface area contributed by atoms with Crippen molar-refractivity contribution >= 4 is 38.9 Å². The van der Waals surface area contributed by atoms with Crippen LogP contribution in [0.15, 0.2) is 59.5 Å². The number of sulfonamides is 1. The van der Waals surface area contributed by atoms with Gasteiger partial charge in [-0.3, -0.25) is 14.2 Å². The van der Waals surface area contributed by atoms with Gasteiger partial charge in [-0.25, -0.2) is 8.42 Å². The third-order valence-electron chi connectivity index (χ3n) is 3.87. The Hall–Kier alpha value is -2.84. The molecule has 0 aliphatic rings. The maximum absolute atomic E-state index is 12.6. The number of anilines is 2. The van der Waals surface area contributed by atoms with Crippen molar-refractivity contribution in [1.29, 1.82) is 0 Å². The van der Waals surface area contributed by atoms with Gasteiger partial charge in [-0.15, -0.1) is 0 Å². The molecule has 0 fully saturated rings. The van der Waals surface area contributed by atoms with Crippen molar-refractivity contribution in [2.75, 3.05) is 10.0 Å². The second-order valence-corrected chi connectivity index (χ2v) is 7.95. The summed E-state index contributed by atoms with van der Waals surface area (Å²) >= 11 is 6.01. The van der Waals surface area contributed by atoms with Crippen LogP contribution in [0.4, 0.5) is 11.4 Å². The number of benzene rings is 2. The van der Waals surface area contributed by atoms with Crippen LogP contribution < -0.4 is 10.0 Å². The molecule has 0 unspecified atom stereocenters. The van der Waals surface area contributed by atoms with Gasteiger partial charge in [0.2, 0.25) is 0 Å². The highest BCUT2D eigenvalue weighted by Crippen LogP contribution is 2.25. The molecule has 3 aromatic rings. The number of aryl methyl sites for hydroxylation is 2. The molecule has 1 heterocycles. The molecule has 0 bridgehead atoms. The lowest BCUT2D eigenvalue weighted by atomic mass is 10.3. The average molecular weight is 405 g/mol. The van der Waals surface area contributed by atoms with Gasteiger partial charge in [0.1, 0.15) is 0 Å². The van der Waals surface area contributed by atoms with Crippen molar-refractivity contribution in [3.63, 3.8) is 0 Å². The molecule has 0 radical (unpaired) electrons. The van der Waals surface area contributed by atoms with E-state index in [0.29, 0.717) is 5.69 Å². The standard InChI is InChI=1S/C18H17ClN4O3S/c1-12-10-17(21-23(12)2)18(24)20-13-6-5-7-14(11-13)27(25,26)22-16-9-4-3-8-15(16)19/h3-11,22H,1-2H3,(H,20,24). The van der Waals surface area contributed by atoms with Gasteiger partial charge in [0.15, 0.2) is 5.69 Å². The molecule has 1 aromatic heterocycles. The molecule has 27 heavy (non-hydrogen) atoms. The van der Waals surface area contributed by atoms with Gasteiger partial charge in [-0.1, -0.05) is 29.8 Å². The van der Waals surface area contributed by atoms with Crippen molar-refractivity contribution in [3.05, 3.63) is 71.0 Å². The smallest absolute Gasteiger partial charge is 0.276 e. The van der Waals surface area contributed by atoms with Gasteiger partial charge < -0.3 is 5.32 Å². The maximum atomic E-state index is 12.6. The second-order valence-electron chi connectivity index (χ2n) is 5.86. The number of amides is 1. The van der Waals surface area contributed by atoms with E-state index in [-0.39, 0.29) is 21.3 Å². The van der Waals surface area contributed by atoms with Crippen LogP contribution in [0.25, 0.3) is 0 Å². The number of hydrogen-bond donors (Lipinski definition) is 2. The molecule has 0 saturated heterocycles. The van der Waals surface area contributed by atoms with Crippen LogP contribution in [0.3, 0.4) is 0 Å². The van der Waals surface area contributed by atoms with E-state index in [1.165, 1.54) is 12.1 Å². The summed E-state index contributed by atoms with van der Waals surface area (Å²) in [7, 11) is -2.13. The third kappa shape index (κ3) is 4.29. The minimum absolute atomic E-state index is 0.00239. The molecule has 2 aromatic carbocycles. The Morgan fingerprint density at radius 3 is 2.52 bits per heavy atom. The second kappa shape index (κ2) is 7.42. The van der Waals surface area contributed by atoms with Gasteiger partial charge in [-0.2, -0.15) is 5.10 Å². The summed E-state index contributed by atoms with van der Waals surface area (Å²) in [6.45, 7) is 1.83. The van der Waals surface area contributed by atoms with E-state index < -0.39 is 15.9 Å². The SMILES string of the molecule is Cc1cc(C(=O)Nc2cccc(S(=O)(=O)Nc3ccccc3Cl)c2)nn1C. The summed E-state index contributed by atoms with van der Waals surface area (Å²) in [5, 5.41) is 7.04. The normalized spacial score (nSPS) is 11.2. The Morgan fingerprint density at radius 1 is 1.11 bits per heavy atom. The predicted octanol–water partition coefficient (Wildman–Crippen LogP) is 3.44. The Balaban J connectivity index is 1.82. The molecular formula is C18H17ClN4O3S. The summed E-state index contributed by atoms with van der Waals surface area (Å²) in [6, 6.07) is 14.1. The van der Waals surface area contributed by atoms with E-state index in [1.54, 1.807) is 54.2 Å². The number of rotatable bonds is 5. The van der Waals surface area contributed by atoms with Gasteiger partial charge in [-0.05, 0) is 43.3 Å². The van der Waals surface area contributed by atoms with Crippen molar-refractivity contribution in [1.82, 2.24) is 9.78 Å². The highest BCUT2D eigenvalue weighted by Gasteiger charge is 2.17. The fourth-order valence-corrected chi connectivity index (χ4v) is 3.72. The van der Waals surface area contributed by atoms with Gasteiger partial charge in [0, 0.05) is 18.4 Å². The molecule has 0 saturated carbocycles. The monoisotopic (exact) mass is 404 g/mol. The quantitative estimate of drug-likeness (QED) is 0.681. The van der Waals surface area contributed by atoms with Gasteiger partial charge in [0.25, 0.3) is 15.9 Å². The van der Waals surface area contributed by atoms with Crippen LogP contribution in [-0.2, 0) is 17.1 Å². The van der Waals surface area contributed by atoms with Crippen LogP contribution in [0.1, 0.15) is 16.2 Å². The van der Waals surface area contributed by atoms with Gasteiger partial charge in [0.05, 0.1) is 15.6 Å². The summed E-state index contributed by atoms with van der Waals surface area (Å²) in [6.07, 6.45) is 0. The highest BCUT2D eigenvalue weighted by molar-refractivity contribution is 7.92. The van der Waals surface area contributed by atoms with Crippen molar-refractivity contribution in [2.45, 2.75) is 11.8 Å². The lowest BCUT2D eigenvalue weighted by molar-refractivity contribution is 0.102. The van der Waals surface area contributed by atoms with Crippen LogP contribution >= 0.6 is 11.6 Å². The van der Waals surface area contributed by atoms with Gasteiger partial charge >= 0.3 is 0 Å². The first-order valence-electron chi connectivity index (χ1n) is 7.96. The lowest BCUT2D eigenvalue weighted by Gasteiger charge is -2.11. The molecule has 0 aliphatic heterocycles. The zero-order valence-electron chi connectivity index (χ0n) is 14.6.